The second kappa shape index (κ2) is 9.91. The highest BCUT2D eigenvalue weighted by atomic mass is 16.6. The molecule has 0 atom stereocenters. The topological polar surface area (TPSA) is 78.7 Å². The molecule has 2 aromatic carbocycles. The number of nitrogens with zero attached hydrogens (tertiary/aromatic N) is 3. The normalized spacial score (nSPS) is 14.0. The summed E-state index contributed by atoms with van der Waals surface area (Å²) in [6.07, 6.45) is 4.69. The summed E-state index contributed by atoms with van der Waals surface area (Å²) in [5.74, 6) is 0. The van der Waals surface area contributed by atoms with E-state index in [4.69, 9.17) is 0 Å². The monoisotopic (exact) mass is 396 g/mol. The van der Waals surface area contributed by atoms with E-state index in [1.165, 1.54) is 30.9 Å². The molecule has 154 valence electrons. The van der Waals surface area contributed by atoms with Crippen molar-refractivity contribution in [2.45, 2.75) is 32.6 Å². The van der Waals surface area contributed by atoms with Crippen molar-refractivity contribution in [1.82, 2.24) is 4.90 Å². The van der Waals surface area contributed by atoms with E-state index in [0.29, 0.717) is 31.9 Å². The highest BCUT2D eigenvalue weighted by Gasteiger charge is 2.25. The van der Waals surface area contributed by atoms with Crippen LogP contribution in [0.2, 0.25) is 0 Å². The van der Waals surface area contributed by atoms with Gasteiger partial charge in [0.15, 0.2) is 0 Å². The van der Waals surface area contributed by atoms with Crippen LogP contribution in [0.15, 0.2) is 48.5 Å². The van der Waals surface area contributed by atoms with Gasteiger partial charge in [0.2, 0.25) is 0 Å². The summed E-state index contributed by atoms with van der Waals surface area (Å²) in [6.45, 7) is 4.36. The van der Waals surface area contributed by atoms with Crippen molar-refractivity contribution in [3.05, 3.63) is 64.2 Å². The molecule has 0 aliphatic carbocycles. The van der Waals surface area contributed by atoms with Gasteiger partial charge in [0.25, 0.3) is 5.69 Å². The van der Waals surface area contributed by atoms with E-state index >= 15 is 0 Å². The Kier molecular flexibility index (Phi) is 7.05. The Labute approximate surface area is 171 Å². The number of carbonyl (C=O) groups excluding carboxylic acids is 1. The lowest BCUT2D eigenvalue weighted by atomic mass is 10.1. The number of nitro benzene ring substituents is 1. The number of piperazine rings is 1. The average Bonchev–Trinajstić information content (AvgIpc) is 2.75. The number of hydrogen-bond donors (Lipinski definition) is 1. The van der Waals surface area contributed by atoms with E-state index in [2.05, 4.69) is 24.4 Å². The minimum Gasteiger partial charge on any atom is -0.362 e. The molecule has 7 nitrogen and oxygen atoms in total. The summed E-state index contributed by atoms with van der Waals surface area (Å²) < 4.78 is 0. The Morgan fingerprint density at radius 3 is 2.38 bits per heavy atom. The van der Waals surface area contributed by atoms with Gasteiger partial charge in [0.05, 0.1) is 4.92 Å². The molecular formula is C22H28N4O3. The molecule has 0 radical (unpaired) electrons. The first-order chi connectivity index (χ1) is 14.1. The molecule has 1 aliphatic heterocycles. The molecule has 1 N–H and O–H groups in total. The third kappa shape index (κ3) is 5.47. The Hall–Kier alpha value is -3.09. The highest BCUT2D eigenvalue weighted by Crippen LogP contribution is 2.28. The lowest BCUT2D eigenvalue weighted by Gasteiger charge is -2.35. The Morgan fingerprint density at radius 1 is 1.03 bits per heavy atom. The molecule has 0 aromatic heterocycles. The third-order valence-corrected chi connectivity index (χ3v) is 5.26. The zero-order valence-electron chi connectivity index (χ0n) is 16.8. The van der Waals surface area contributed by atoms with Gasteiger partial charge in [0.1, 0.15) is 5.69 Å². The number of nitro groups is 1. The number of hydrogen-bond acceptors (Lipinski definition) is 4. The van der Waals surface area contributed by atoms with Crippen LogP contribution in [-0.2, 0) is 6.42 Å². The van der Waals surface area contributed by atoms with Crippen LogP contribution in [0.25, 0.3) is 0 Å². The van der Waals surface area contributed by atoms with Crippen molar-refractivity contribution in [2.24, 2.45) is 0 Å². The molecule has 29 heavy (non-hydrogen) atoms. The van der Waals surface area contributed by atoms with E-state index in [1.54, 1.807) is 23.1 Å². The van der Waals surface area contributed by atoms with Crippen LogP contribution in [0.5, 0.6) is 0 Å². The molecule has 3 rings (SSSR count). The third-order valence-electron chi connectivity index (χ3n) is 5.26. The maximum atomic E-state index is 12.6. The van der Waals surface area contributed by atoms with Crippen molar-refractivity contribution in [3.63, 3.8) is 0 Å². The van der Waals surface area contributed by atoms with Gasteiger partial charge < -0.3 is 15.1 Å². The Bertz CT molecular complexity index is 830. The molecule has 0 unspecified atom stereocenters. The molecule has 2 aromatic rings. The number of para-hydroxylation sites is 2. The van der Waals surface area contributed by atoms with Crippen LogP contribution in [0.3, 0.4) is 0 Å². The van der Waals surface area contributed by atoms with Gasteiger partial charge in [-0.2, -0.15) is 0 Å². The lowest BCUT2D eigenvalue weighted by molar-refractivity contribution is -0.384. The molecule has 1 heterocycles. The van der Waals surface area contributed by atoms with Crippen LogP contribution >= 0.6 is 0 Å². The first-order valence-corrected chi connectivity index (χ1v) is 10.2. The summed E-state index contributed by atoms with van der Waals surface area (Å²) in [4.78, 5) is 27.2. The van der Waals surface area contributed by atoms with Crippen LogP contribution in [0.4, 0.5) is 21.9 Å². The van der Waals surface area contributed by atoms with Gasteiger partial charge in [-0.25, -0.2) is 4.79 Å². The number of amides is 2. The van der Waals surface area contributed by atoms with Crippen LogP contribution < -0.4 is 10.2 Å². The van der Waals surface area contributed by atoms with Crippen LogP contribution in [-0.4, -0.2) is 42.0 Å². The molecule has 7 heteroatoms. The van der Waals surface area contributed by atoms with E-state index in [0.717, 1.165) is 12.1 Å². The molecule has 0 saturated carbocycles. The number of nitrogens with one attached hydrogen (secondary N) is 1. The molecule has 0 spiro atoms. The second-order valence-electron chi connectivity index (χ2n) is 7.30. The Morgan fingerprint density at radius 2 is 1.72 bits per heavy atom. The number of carbonyl (C=O) groups is 1. The smallest absolute Gasteiger partial charge is 0.321 e. The van der Waals surface area contributed by atoms with E-state index in [-0.39, 0.29) is 16.6 Å². The van der Waals surface area contributed by atoms with E-state index in [9.17, 15) is 14.9 Å². The highest BCUT2D eigenvalue weighted by molar-refractivity contribution is 5.89. The van der Waals surface area contributed by atoms with Gasteiger partial charge in [-0.1, -0.05) is 44.0 Å². The summed E-state index contributed by atoms with van der Waals surface area (Å²) in [7, 11) is 0. The van der Waals surface area contributed by atoms with Gasteiger partial charge >= 0.3 is 6.03 Å². The fourth-order valence-electron chi connectivity index (χ4n) is 3.57. The first-order valence-electron chi connectivity index (χ1n) is 10.2. The zero-order valence-corrected chi connectivity index (χ0v) is 16.8. The van der Waals surface area contributed by atoms with Crippen molar-refractivity contribution in [3.8, 4) is 0 Å². The molecule has 1 fully saturated rings. The largest absolute Gasteiger partial charge is 0.362 e. The van der Waals surface area contributed by atoms with Crippen LogP contribution in [0.1, 0.15) is 31.7 Å². The lowest BCUT2D eigenvalue weighted by Crippen LogP contribution is -2.50. The maximum Gasteiger partial charge on any atom is 0.321 e. The van der Waals surface area contributed by atoms with Crippen molar-refractivity contribution in [2.75, 3.05) is 36.4 Å². The minimum absolute atomic E-state index is 0.101. The van der Waals surface area contributed by atoms with Crippen molar-refractivity contribution >= 4 is 23.1 Å². The minimum atomic E-state index is -0.361. The molecule has 1 saturated heterocycles. The fraction of sp³-hybridized carbons (Fsp3) is 0.409. The molecule has 1 aliphatic rings. The number of rotatable bonds is 7. The second-order valence-corrected chi connectivity index (χ2v) is 7.30. The predicted molar refractivity (Wildman–Crippen MR) is 116 cm³/mol. The predicted octanol–water partition coefficient (Wildman–Crippen LogP) is 4.68. The van der Waals surface area contributed by atoms with Crippen molar-refractivity contribution < 1.29 is 9.72 Å². The van der Waals surface area contributed by atoms with Gasteiger partial charge in [-0.15, -0.1) is 0 Å². The number of urea groups is 1. The maximum absolute atomic E-state index is 12.6. The van der Waals surface area contributed by atoms with Gasteiger partial charge in [-0.3, -0.25) is 10.1 Å². The number of anilines is 2. The fourth-order valence-corrected chi connectivity index (χ4v) is 3.57. The quantitative estimate of drug-likeness (QED) is 0.419. The van der Waals surface area contributed by atoms with E-state index < -0.39 is 0 Å². The Balaban J connectivity index is 1.52. The summed E-state index contributed by atoms with van der Waals surface area (Å²) in [6, 6.07) is 14.6. The number of unbranched alkanes of at least 4 members (excludes halogenated alkanes) is 2. The number of aryl methyl sites for hydroxylation is 1. The van der Waals surface area contributed by atoms with Gasteiger partial charge in [-0.05, 0) is 36.6 Å². The van der Waals surface area contributed by atoms with Gasteiger partial charge in [0, 0.05) is 37.9 Å². The number of benzene rings is 2. The first kappa shape index (κ1) is 20.6. The molecule has 2 amide bonds. The summed E-state index contributed by atoms with van der Waals surface area (Å²) >= 11 is 0. The summed E-state index contributed by atoms with van der Waals surface area (Å²) in [5, 5.41) is 14.2. The summed E-state index contributed by atoms with van der Waals surface area (Å²) in [5.41, 5.74) is 2.78. The van der Waals surface area contributed by atoms with Crippen molar-refractivity contribution in [1.29, 1.82) is 0 Å². The standard InChI is InChI=1S/C22H28N4O3/c1-2-3-4-7-18-10-12-19(13-11-18)23-22(27)25-16-14-24(15-17-25)20-8-5-6-9-21(20)26(28)29/h5-6,8-13H,2-4,7,14-17H2,1H3,(H,23,27). The molecular weight excluding hydrogens is 368 g/mol. The molecule has 0 bridgehead atoms. The van der Waals surface area contributed by atoms with Crippen LogP contribution in [0, 0.1) is 10.1 Å². The SMILES string of the molecule is CCCCCc1ccc(NC(=O)N2CCN(c3ccccc3[N+](=O)[O-])CC2)cc1. The average molecular weight is 396 g/mol. The van der Waals surface area contributed by atoms with E-state index in [1.807, 2.05) is 17.0 Å². The zero-order chi connectivity index (χ0) is 20.6.